The number of amidine groups is 1. The number of nitrogens with two attached hydrogens (primary N) is 1. The van der Waals surface area contributed by atoms with Crippen LogP contribution in [0, 0.1) is 0 Å². The molecule has 0 unspecified atom stereocenters. The van der Waals surface area contributed by atoms with Crippen LogP contribution in [0.25, 0.3) is 0 Å². The van der Waals surface area contributed by atoms with E-state index in [0.29, 0.717) is 5.84 Å². The Balaban J connectivity index is 2.44. The van der Waals surface area contributed by atoms with Crippen LogP contribution in [0.2, 0.25) is 0 Å². The van der Waals surface area contributed by atoms with Crippen molar-refractivity contribution in [2.24, 2.45) is 10.9 Å². The number of rotatable bonds is 2. The topological polar surface area (TPSA) is 58.6 Å². The smallest absolute Gasteiger partial charge is 0.149 e. The van der Waals surface area contributed by atoms with Gasteiger partial charge < -0.3 is 10.9 Å². The van der Waals surface area contributed by atoms with Crippen LogP contribution in [0.1, 0.15) is 31.2 Å². The first-order valence-electron chi connectivity index (χ1n) is 5.33. The van der Waals surface area contributed by atoms with Crippen LogP contribution in [0.5, 0.6) is 0 Å². The first-order valence-corrected chi connectivity index (χ1v) is 5.33. The highest BCUT2D eigenvalue weighted by molar-refractivity contribution is 5.91. The molecule has 0 aliphatic heterocycles. The SMILES string of the molecule is N/C(=N\O)C1(c2ccccc2)CCCC1. The number of hydrogen-bond acceptors (Lipinski definition) is 2. The van der Waals surface area contributed by atoms with Crippen molar-refractivity contribution in [3.8, 4) is 0 Å². The number of benzene rings is 1. The lowest BCUT2D eigenvalue weighted by molar-refractivity contribution is 0.311. The highest BCUT2D eigenvalue weighted by atomic mass is 16.4. The molecule has 1 aliphatic carbocycles. The average molecular weight is 204 g/mol. The normalized spacial score (nSPS) is 20.4. The molecule has 1 aromatic carbocycles. The molecule has 0 saturated heterocycles. The fourth-order valence-corrected chi connectivity index (χ4v) is 2.52. The molecule has 2 rings (SSSR count). The van der Waals surface area contributed by atoms with Crippen molar-refractivity contribution in [1.29, 1.82) is 0 Å². The molecular formula is C12H16N2O. The van der Waals surface area contributed by atoms with Crippen molar-refractivity contribution in [1.82, 2.24) is 0 Å². The van der Waals surface area contributed by atoms with Crippen LogP contribution in [0.4, 0.5) is 0 Å². The number of hydrogen-bond donors (Lipinski definition) is 2. The van der Waals surface area contributed by atoms with E-state index >= 15 is 0 Å². The summed E-state index contributed by atoms with van der Waals surface area (Å²) in [4.78, 5) is 0. The summed E-state index contributed by atoms with van der Waals surface area (Å²) in [5.41, 5.74) is 6.78. The van der Waals surface area contributed by atoms with Crippen LogP contribution in [-0.4, -0.2) is 11.0 Å². The van der Waals surface area contributed by atoms with Crippen molar-refractivity contribution in [2.75, 3.05) is 0 Å². The van der Waals surface area contributed by atoms with E-state index in [1.807, 2.05) is 18.2 Å². The lowest BCUT2D eigenvalue weighted by Gasteiger charge is -2.27. The highest BCUT2D eigenvalue weighted by Gasteiger charge is 2.39. The lowest BCUT2D eigenvalue weighted by Crippen LogP contribution is -2.39. The number of nitrogens with zero attached hydrogens (tertiary/aromatic N) is 1. The molecule has 80 valence electrons. The van der Waals surface area contributed by atoms with Crippen LogP contribution < -0.4 is 5.73 Å². The molecule has 3 N–H and O–H groups in total. The standard InChI is InChI=1S/C12H16N2O/c13-11(14-15)12(8-4-5-9-12)10-6-2-1-3-7-10/h1-3,6-7,15H,4-5,8-9H2,(H2,13,14). The molecule has 0 bridgehead atoms. The van der Waals surface area contributed by atoms with Crippen molar-refractivity contribution < 1.29 is 5.21 Å². The van der Waals surface area contributed by atoms with E-state index in [2.05, 4.69) is 17.3 Å². The molecule has 0 radical (unpaired) electrons. The van der Waals surface area contributed by atoms with Crippen LogP contribution in [0.3, 0.4) is 0 Å². The fourth-order valence-electron chi connectivity index (χ4n) is 2.52. The minimum Gasteiger partial charge on any atom is -0.409 e. The molecule has 0 spiro atoms. The molecule has 1 fully saturated rings. The van der Waals surface area contributed by atoms with Gasteiger partial charge in [-0.3, -0.25) is 0 Å². The molecule has 0 aromatic heterocycles. The van der Waals surface area contributed by atoms with Crippen molar-refractivity contribution in [3.05, 3.63) is 35.9 Å². The second-order valence-corrected chi connectivity index (χ2v) is 4.14. The summed E-state index contributed by atoms with van der Waals surface area (Å²) >= 11 is 0. The third kappa shape index (κ3) is 1.58. The Kier molecular flexibility index (Phi) is 2.62. The zero-order chi connectivity index (χ0) is 10.7. The van der Waals surface area contributed by atoms with Gasteiger partial charge in [-0.15, -0.1) is 0 Å². The van der Waals surface area contributed by atoms with Crippen molar-refractivity contribution >= 4 is 5.84 Å². The van der Waals surface area contributed by atoms with Gasteiger partial charge in [-0.05, 0) is 18.4 Å². The molecule has 3 heteroatoms. The van der Waals surface area contributed by atoms with Gasteiger partial charge in [0.05, 0.1) is 5.41 Å². The van der Waals surface area contributed by atoms with Gasteiger partial charge in [0, 0.05) is 0 Å². The predicted molar refractivity (Wildman–Crippen MR) is 60.0 cm³/mol. The Morgan fingerprint density at radius 3 is 2.33 bits per heavy atom. The van der Waals surface area contributed by atoms with Crippen LogP contribution in [-0.2, 0) is 5.41 Å². The van der Waals surface area contributed by atoms with Crippen LogP contribution in [0.15, 0.2) is 35.5 Å². The van der Waals surface area contributed by atoms with Crippen LogP contribution >= 0.6 is 0 Å². The summed E-state index contributed by atoms with van der Waals surface area (Å²) in [7, 11) is 0. The summed E-state index contributed by atoms with van der Waals surface area (Å²) in [5, 5.41) is 12.1. The minimum absolute atomic E-state index is 0.226. The summed E-state index contributed by atoms with van der Waals surface area (Å²) < 4.78 is 0. The molecule has 0 atom stereocenters. The largest absolute Gasteiger partial charge is 0.409 e. The molecular weight excluding hydrogens is 188 g/mol. The third-order valence-electron chi connectivity index (χ3n) is 3.38. The lowest BCUT2D eigenvalue weighted by atomic mass is 9.78. The molecule has 0 amide bonds. The fraction of sp³-hybridized carbons (Fsp3) is 0.417. The van der Waals surface area contributed by atoms with E-state index in [-0.39, 0.29) is 5.41 Å². The Bertz CT molecular complexity index is 353. The second kappa shape index (κ2) is 3.93. The predicted octanol–water partition coefficient (Wildman–Crippen LogP) is 2.24. The second-order valence-electron chi connectivity index (χ2n) is 4.14. The summed E-state index contributed by atoms with van der Waals surface area (Å²) in [6.45, 7) is 0. The van der Waals surface area contributed by atoms with Gasteiger partial charge in [-0.2, -0.15) is 0 Å². The Morgan fingerprint density at radius 2 is 1.80 bits per heavy atom. The zero-order valence-electron chi connectivity index (χ0n) is 8.69. The Hall–Kier alpha value is -1.51. The summed E-state index contributed by atoms with van der Waals surface area (Å²) in [6.07, 6.45) is 4.25. The van der Waals surface area contributed by atoms with Gasteiger partial charge in [0.15, 0.2) is 0 Å². The molecule has 1 saturated carbocycles. The van der Waals surface area contributed by atoms with Gasteiger partial charge in [0.1, 0.15) is 5.84 Å². The third-order valence-corrected chi connectivity index (χ3v) is 3.38. The molecule has 0 heterocycles. The minimum atomic E-state index is -0.226. The van der Waals surface area contributed by atoms with Gasteiger partial charge in [0.2, 0.25) is 0 Å². The van der Waals surface area contributed by atoms with E-state index < -0.39 is 0 Å². The van der Waals surface area contributed by atoms with E-state index in [4.69, 9.17) is 10.9 Å². The zero-order valence-corrected chi connectivity index (χ0v) is 8.69. The van der Waals surface area contributed by atoms with E-state index in [0.717, 1.165) is 31.2 Å². The average Bonchev–Trinajstić information content (AvgIpc) is 2.79. The van der Waals surface area contributed by atoms with Crippen molar-refractivity contribution in [3.63, 3.8) is 0 Å². The molecule has 1 aromatic rings. The maximum atomic E-state index is 8.88. The maximum absolute atomic E-state index is 8.88. The first-order chi connectivity index (χ1) is 7.29. The van der Waals surface area contributed by atoms with Gasteiger partial charge in [0.25, 0.3) is 0 Å². The Morgan fingerprint density at radius 1 is 1.20 bits per heavy atom. The monoisotopic (exact) mass is 204 g/mol. The maximum Gasteiger partial charge on any atom is 0.149 e. The van der Waals surface area contributed by atoms with E-state index in [1.165, 1.54) is 0 Å². The molecule has 3 nitrogen and oxygen atoms in total. The van der Waals surface area contributed by atoms with Gasteiger partial charge in [-0.25, -0.2) is 0 Å². The first kappa shape index (κ1) is 10.0. The Labute approximate surface area is 89.6 Å². The van der Waals surface area contributed by atoms with Gasteiger partial charge >= 0.3 is 0 Å². The molecule has 1 aliphatic rings. The van der Waals surface area contributed by atoms with E-state index in [1.54, 1.807) is 0 Å². The number of oxime groups is 1. The van der Waals surface area contributed by atoms with Crippen molar-refractivity contribution in [2.45, 2.75) is 31.1 Å². The quantitative estimate of drug-likeness (QED) is 0.336. The highest BCUT2D eigenvalue weighted by Crippen LogP contribution is 2.41. The summed E-state index contributed by atoms with van der Waals surface area (Å²) in [6, 6.07) is 10.1. The van der Waals surface area contributed by atoms with E-state index in [9.17, 15) is 0 Å². The molecule has 15 heavy (non-hydrogen) atoms. The van der Waals surface area contributed by atoms with Gasteiger partial charge in [-0.1, -0.05) is 48.3 Å². The summed E-state index contributed by atoms with van der Waals surface area (Å²) in [5.74, 6) is 0.353.